The lowest BCUT2D eigenvalue weighted by Crippen LogP contribution is -2.58. The molecule has 0 aliphatic carbocycles. The first-order valence-corrected chi connectivity index (χ1v) is 12.3. The van der Waals surface area contributed by atoms with Crippen LogP contribution in [0.3, 0.4) is 0 Å². The zero-order chi connectivity index (χ0) is 27.4. The van der Waals surface area contributed by atoms with Gasteiger partial charge in [-0.1, -0.05) is 12.1 Å². The van der Waals surface area contributed by atoms with E-state index in [2.05, 4.69) is 0 Å². The normalized spacial score (nSPS) is 29.0. The summed E-state index contributed by atoms with van der Waals surface area (Å²) in [6.45, 7) is 0.117. The van der Waals surface area contributed by atoms with Crippen LogP contribution in [0, 0.1) is 11.8 Å². The van der Waals surface area contributed by atoms with Gasteiger partial charge in [0, 0.05) is 5.92 Å². The zero-order valence-corrected chi connectivity index (χ0v) is 21.5. The maximum Gasteiger partial charge on any atom is 0.309 e. The molecule has 2 unspecified atom stereocenters. The standard InChI is InChI=1S/C27H34O11/c1-33-18-6-4-14(10-20(18)34-2)8-16-12-37-26(31)17(16)9-15-5-7-19(21(11-15)35-3)36-13-22-23(28)24(29)25(30)27(32)38-22/h4-7,10-11,16-17,22-25,27-30,32H,8-9,12-13H2,1-3H3/t16?,17?,22-,23-,24+,25-,27+/m1/s1. The second-order valence-electron chi connectivity index (χ2n) is 9.43. The van der Waals surface area contributed by atoms with Crippen molar-refractivity contribution in [2.24, 2.45) is 11.8 Å². The van der Waals surface area contributed by atoms with Gasteiger partial charge in [0.15, 0.2) is 29.3 Å². The molecule has 0 amide bonds. The van der Waals surface area contributed by atoms with E-state index in [-0.39, 0.29) is 24.4 Å². The third-order valence-corrected chi connectivity index (χ3v) is 7.03. The molecule has 11 heteroatoms. The fraction of sp³-hybridized carbons (Fsp3) is 0.519. The van der Waals surface area contributed by atoms with Crippen LogP contribution in [0.25, 0.3) is 0 Å². The molecule has 2 aliphatic rings. The predicted octanol–water partition coefficient (Wildman–Crippen LogP) is 0.466. The number of hydrogen-bond acceptors (Lipinski definition) is 11. The van der Waals surface area contributed by atoms with E-state index in [9.17, 15) is 25.2 Å². The number of rotatable bonds is 10. The first-order chi connectivity index (χ1) is 18.2. The van der Waals surface area contributed by atoms with Crippen LogP contribution >= 0.6 is 0 Å². The third kappa shape index (κ3) is 5.97. The van der Waals surface area contributed by atoms with Gasteiger partial charge in [0.25, 0.3) is 0 Å². The molecule has 2 fully saturated rings. The molecule has 11 nitrogen and oxygen atoms in total. The number of carbonyl (C=O) groups excluding carboxylic acids is 1. The molecule has 2 heterocycles. The van der Waals surface area contributed by atoms with Crippen molar-refractivity contribution >= 4 is 5.97 Å². The summed E-state index contributed by atoms with van der Waals surface area (Å²) in [6, 6.07) is 10.9. The Hall–Kier alpha value is -3.09. The smallest absolute Gasteiger partial charge is 0.309 e. The molecule has 0 bridgehead atoms. The van der Waals surface area contributed by atoms with E-state index >= 15 is 0 Å². The minimum Gasteiger partial charge on any atom is -0.493 e. The lowest BCUT2D eigenvalue weighted by molar-refractivity contribution is -0.285. The minimum absolute atomic E-state index is 0.0272. The van der Waals surface area contributed by atoms with E-state index in [1.54, 1.807) is 26.4 Å². The summed E-state index contributed by atoms with van der Waals surface area (Å²) in [5.41, 5.74) is 1.85. The van der Waals surface area contributed by atoms with E-state index < -0.39 is 30.7 Å². The highest BCUT2D eigenvalue weighted by molar-refractivity contribution is 5.75. The van der Waals surface area contributed by atoms with Crippen molar-refractivity contribution in [3.63, 3.8) is 0 Å². The molecule has 0 spiro atoms. The van der Waals surface area contributed by atoms with Crippen molar-refractivity contribution in [1.29, 1.82) is 0 Å². The summed E-state index contributed by atoms with van der Waals surface area (Å²) >= 11 is 0. The average molecular weight is 535 g/mol. The molecular formula is C27H34O11. The molecule has 0 saturated carbocycles. The van der Waals surface area contributed by atoms with Crippen LogP contribution in [0.2, 0.25) is 0 Å². The zero-order valence-electron chi connectivity index (χ0n) is 21.5. The summed E-state index contributed by atoms with van der Waals surface area (Å²) in [5.74, 6) is 1.38. The Labute approximate surface area is 220 Å². The number of carbonyl (C=O) groups is 1. The first-order valence-electron chi connectivity index (χ1n) is 12.3. The van der Waals surface area contributed by atoms with Crippen molar-refractivity contribution < 1.29 is 53.6 Å². The summed E-state index contributed by atoms with van der Waals surface area (Å²) in [4.78, 5) is 12.6. The number of ether oxygens (including phenoxy) is 6. The second-order valence-corrected chi connectivity index (χ2v) is 9.43. The summed E-state index contributed by atoms with van der Waals surface area (Å²) in [6.07, 6.45) is -6.29. The Morgan fingerprint density at radius 2 is 1.39 bits per heavy atom. The van der Waals surface area contributed by atoms with Crippen molar-refractivity contribution in [3.8, 4) is 23.0 Å². The third-order valence-electron chi connectivity index (χ3n) is 7.03. The van der Waals surface area contributed by atoms with Gasteiger partial charge in [-0.15, -0.1) is 0 Å². The Morgan fingerprint density at radius 1 is 0.789 bits per heavy atom. The highest BCUT2D eigenvalue weighted by atomic mass is 16.6. The maximum absolute atomic E-state index is 12.6. The topological polar surface area (TPSA) is 153 Å². The van der Waals surface area contributed by atoms with Crippen molar-refractivity contribution in [2.45, 2.75) is 43.5 Å². The van der Waals surface area contributed by atoms with Crippen LogP contribution in [-0.2, 0) is 27.1 Å². The molecule has 2 saturated heterocycles. The molecule has 2 aromatic carbocycles. The number of hydrogen-bond donors (Lipinski definition) is 4. The lowest BCUT2D eigenvalue weighted by atomic mass is 9.85. The van der Waals surface area contributed by atoms with E-state index in [0.29, 0.717) is 42.4 Å². The van der Waals surface area contributed by atoms with Crippen LogP contribution in [0.5, 0.6) is 23.0 Å². The molecule has 4 rings (SSSR count). The number of cyclic esters (lactones) is 1. The van der Waals surface area contributed by atoms with E-state index in [1.807, 2.05) is 24.3 Å². The number of aliphatic hydroxyl groups excluding tert-OH is 4. The highest BCUT2D eigenvalue weighted by Crippen LogP contribution is 2.35. The fourth-order valence-corrected chi connectivity index (χ4v) is 4.82. The molecule has 4 N–H and O–H groups in total. The van der Waals surface area contributed by atoms with Crippen molar-refractivity contribution in [2.75, 3.05) is 34.5 Å². The minimum atomic E-state index is -1.65. The second kappa shape index (κ2) is 12.2. The van der Waals surface area contributed by atoms with Gasteiger partial charge in [-0.25, -0.2) is 0 Å². The molecule has 2 aliphatic heterocycles. The van der Waals surface area contributed by atoms with Crippen molar-refractivity contribution in [3.05, 3.63) is 47.5 Å². The van der Waals surface area contributed by atoms with Gasteiger partial charge in [-0.2, -0.15) is 0 Å². The predicted molar refractivity (Wildman–Crippen MR) is 132 cm³/mol. The van der Waals surface area contributed by atoms with Crippen LogP contribution in [-0.4, -0.2) is 91.6 Å². The van der Waals surface area contributed by atoms with Gasteiger partial charge in [-0.3, -0.25) is 4.79 Å². The number of esters is 1. The Morgan fingerprint density at radius 3 is 2.05 bits per heavy atom. The summed E-state index contributed by atoms with van der Waals surface area (Å²) < 4.78 is 32.4. The first kappa shape index (κ1) is 27.9. The quantitative estimate of drug-likeness (QED) is 0.315. The van der Waals surface area contributed by atoms with Crippen LogP contribution in [0.4, 0.5) is 0 Å². The van der Waals surface area contributed by atoms with Gasteiger partial charge in [0.1, 0.15) is 31.0 Å². The molecule has 0 aromatic heterocycles. The van der Waals surface area contributed by atoms with E-state index in [4.69, 9.17) is 28.4 Å². The Kier molecular flexibility index (Phi) is 8.95. The van der Waals surface area contributed by atoms with Gasteiger partial charge in [0.2, 0.25) is 0 Å². The molecule has 208 valence electrons. The van der Waals surface area contributed by atoms with Crippen molar-refractivity contribution in [1.82, 2.24) is 0 Å². The van der Waals surface area contributed by atoms with Crippen LogP contribution in [0.1, 0.15) is 11.1 Å². The monoisotopic (exact) mass is 534 g/mol. The molecule has 7 atom stereocenters. The Balaban J connectivity index is 1.42. The van der Waals surface area contributed by atoms with E-state index in [1.165, 1.54) is 7.11 Å². The van der Waals surface area contributed by atoms with Crippen LogP contribution in [0.15, 0.2) is 36.4 Å². The maximum atomic E-state index is 12.6. The number of benzene rings is 2. The summed E-state index contributed by atoms with van der Waals surface area (Å²) in [5, 5.41) is 39.3. The van der Waals surface area contributed by atoms with Gasteiger partial charge >= 0.3 is 5.97 Å². The van der Waals surface area contributed by atoms with Crippen LogP contribution < -0.4 is 18.9 Å². The fourth-order valence-electron chi connectivity index (χ4n) is 4.82. The van der Waals surface area contributed by atoms with Gasteiger partial charge in [-0.05, 0) is 48.2 Å². The molecule has 2 aromatic rings. The van der Waals surface area contributed by atoms with E-state index in [0.717, 1.165) is 11.1 Å². The van der Waals surface area contributed by atoms with Gasteiger partial charge < -0.3 is 48.8 Å². The molecule has 0 radical (unpaired) electrons. The average Bonchev–Trinajstić information content (AvgIpc) is 3.27. The SMILES string of the molecule is COc1ccc(CC2COC(=O)C2Cc2ccc(OC[C@H]3O[C@H](O)[C@H](O)[C@@H](O)[C@@H]3O)c(OC)c2)cc1OC. The molecule has 38 heavy (non-hydrogen) atoms. The largest absolute Gasteiger partial charge is 0.493 e. The summed E-state index contributed by atoms with van der Waals surface area (Å²) in [7, 11) is 4.63. The molecular weight excluding hydrogens is 500 g/mol. The van der Waals surface area contributed by atoms with Gasteiger partial charge in [0.05, 0.1) is 33.9 Å². The number of methoxy groups -OCH3 is 3. The number of aliphatic hydroxyl groups is 4. The lowest BCUT2D eigenvalue weighted by Gasteiger charge is -2.38. The highest BCUT2D eigenvalue weighted by Gasteiger charge is 2.43. The Bertz CT molecular complexity index is 1110.